The van der Waals surface area contributed by atoms with Crippen molar-refractivity contribution in [3.05, 3.63) is 63.9 Å². The minimum atomic E-state index is -4.23. The smallest absolute Gasteiger partial charge is 0.354 e. The summed E-state index contributed by atoms with van der Waals surface area (Å²) in [5.41, 5.74) is 3.45. The summed E-state index contributed by atoms with van der Waals surface area (Å²) in [5, 5.41) is 8.66. The van der Waals surface area contributed by atoms with Crippen molar-refractivity contribution in [1.29, 1.82) is 0 Å². The van der Waals surface area contributed by atoms with Gasteiger partial charge >= 0.3 is 5.97 Å². The molecule has 0 radical (unpaired) electrons. The largest absolute Gasteiger partial charge is 0.477 e. The van der Waals surface area contributed by atoms with E-state index < -0.39 is 26.7 Å². The van der Waals surface area contributed by atoms with E-state index in [0.717, 1.165) is 16.7 Å². The molecule has 3 rings (SSSR count). The first-order chi connectivity index (χ1) is 13.6. The number of benzene rings is 1. The third-order valence-corrected chi connectivity index (χ3v) is 5.85. The van der Waals surface area contributed by atoms with Gasteiger partial charge in [-0.1, -0.05) is 35.9 Å². The molecule has 2 aromatic heterocycles. The zero-order valence-corrected chi connectivity index (χ0v) is 17.3. The van der Waals surface area contributed by atoms with E-state index in [9.17, 15) is 13.2 Å². The van der Waals surface area contributed by atoms with Crippen LogP contribution in [-0.4, -0.2) is 34.4 Å². The molecular weight excluding hydrogens is 416 g/mol. The molecule has 0 saturated heterocycles. The molecule has 0 fully saturated rings. The summed E-state index contributed by atoms with van der Waals surface area (Å²) in [6.45, 7) is 5.59. The lowest BCUT2D eigenvalue weighted by molar-refractivity contribution is 0.0689. The van der Waals surface area contributed by atoms with E-state index in [0.29, 0.717) is 11.3 Å². The van der Waals surface area contributed by atoms with Crippen LogP contribution in [0.2, 0.25) is 5.15 Å². The van der Waals surface area contributed by atoms with Crippen LogP contribution >= 0.6 is 11.6 Å². The molecular formula is C19H17ClN4O4S. The normalized spacial score (nSPS) is 11.3. The lowest BCUT2D eigenvalue weighted by atomic mass is 9.98. The Morgan fingerprint density at radius 2 is 1.62 bits per heavy atom. The molecule has 150 valence electrons. The quantitative estimate of drug-likeness (QED) is 0.590. The molecule has 10 heteroatoms. The molecule has 2 N–H and O–H groups in total. The van der Waals surface area contributed by atoms with E-state index in [1.807, 2.05) is 32.0 Å². The first-order valence-electron chi connectivity index (χ1n) is 8.44. The average Bonchev–Trinajstić information content (AvgIpc) is 2.65. The fourth-order valence-corrected chi connectivity index (χ4v) is 3.90. The number of aromatic nitrogens is 3. The van der Waals surface area contributed by atoms with Gasteiger partial charge in [-0.25, -0.2) is 19.5 Å². The number of anilines is 1. The van der Waals surface area contributed by atoms with Crippen molar-refractivity contribution in [2.24, 2.45) is 0 Å². The van der Waals surface area contributed by atoms with Crippen LogP contribution in [0.1, 0.15) is 27.2 Å². The first-order valence-corrected chi connectivity index (χ1v) is 10.3. The van der Waals surface area contributed by atoms with Gasteiger partial charge in [-0.3, -0.25) is 0 Å². The summed E-state index contributed by atoms with van der Waals surface area (Å²) in [7, 11) is -4.23. The number of sulfonamides is 1. The maximum atomic E-state index is 12.7. The van der Waals surface area contributed by atoms with Gasteiger partial charge in [0.1, 0.15) is 10.8 Å². The fraction of sp³-hybridized carbons (Fsp3) is 0.158. The van der Waals surface area contributed by atoms with E-state index in [1.165, 1.54) is 18.2 Å². The molecule has 29 heavy (non-hydrogen) atoms. The third kappa shape index (κ3) is 4.20. The number of carboxylic acids is 1. The van der Waals surface area contributed by atoms with Crippen molar-refractivity contribution < 1.29 is 18.3 Å². The monoisotopic (exact) mass is 432 g/mol. The van der Waals surface area contributed by atoms with Crippen molar-refractivity contribution in [2.75, 3.05) is 4.72 Å². The standard InChI is InChI=1S/C19H17ClN4O4S/c1-10-6-4-7-11(2)15(10)16-12(3)17(20)23-19(22-16)24-29(27,28)14-9-5-8-13(21-14)18(25)26/h4-9H,1-3H3,(H,25,26)(H,22,23,24). The molecule has 0 aliphatic heterocycles. The van der Waals surface area contributed by atoms with E-state index >= 15 is 0 Å². The van der Waals surface area contributed by atoms with E-state index in [1.54, 1.807) is 6.92 Å². The van der Waals surface area contributed by atoms with Crippen molar-refractivity contribution in [3.63, 3.8) is 0 Å². The molecule has 2 heterocycles. The van der Waals surface area contributed by atoms with E-state index in [4.69, 9.17) is 16.7 Å². The molecule has 3 aromatic rings. The summed E-state index contributed by atoms with van der Waals surface area (Å²) in [6, 6.07) is 9.41. The summed E-state index contributed by atoms with van der Waals surface area (Å²) in [6.07, 6.45) is 0. The molecule has 0 aliphatic carbocycles. The van der Waals surface area contributed by atoms with E-state index in [-0.39, 0.29) is 11.1 Å². The SMILES string of the molecule is Cc1cccc(C)c1-c1nc(NS(=O)(=O)c2cccc(C(=O)O)n2)nc(Cl)c1C. The van der Waals surface area contributed by atoms with Gasteiger partial charge in [0.15, 0.2) is 5.03 Å². The summed E-state index contributed by atoms with van der Waals surface area (Å²) < 4.78 is 27.6. The fourth-order valence-electron chi connectivity index (χ4n) is 2.82. The Labute approximate surface area is 172 Å². The number of nitrogens with zero attached hydrogens (tertiary/aromatic N) is 3. The van der Waals surface area contributed by atoms with Gasteiger partial charge in [0.2, 0.25) is 5.95 Å². The maximum absolute atomic E-state index is 12.7. The van der Waals surface area contributed by atoms with Crippen LogP contribution in [0.4, 0.5) is 5.95 Å². The predicted molar refractivity (Wildman–Crippen MR) is 109 cm³/mol. The second kappa shape index (κ2) is 7.76. The number of aryl methyl sites for hydroxylation is 2. The van der Waals surface area contributed by atoms with Crippen LogP contribution in [0.3, 0.4) is 0 Å². The predicted octanol–water partition coefficient (Wildman–Crippen LogP) is 3.62. The lowest BCUT2D eigenvalue weighted by Crippen LogP contribution is -2.18. The van der Waals surface area contributed by atoms with Gasteiger partial charge in [-0.15, -0.1) is 0 Å². The van der Waals surface area contributed by atoms with Gasteiger partial charge in [-0.05, 0) is 44.0 Å². The third-order valence-electron chi connectivity index (χ3n) is 4.25. The summed E-state index contributed by atoms with van der Waals surface area (Å²) >= 11 is 6.24. The first kappa shape index (κ1) is 20.7. The van der Waals surface area contributed by atoms with Crippen LogP contribution in [-0.2, 0) is 10.0 Å². The zero-order valence-electron chi connectivity index (χ0n) is 15.8. The van der Waals surface area contributed by atoms with Crippen LogP contribution in [0.15, 0.2) is 41.4 Å². The highest BCUT2D eigenvalue weighted by atomic mass is 35.5. The van der Waals surface area contributed by atoms with Crippen molar-refractivity contribution >= 4 is 33.5 Å². The molecule has 0 amide bonds. The second-order valence-electron chi connectivity index (χ2n) is 6.35. The second-order valence-corrected chi connectivity index (χ2v) is 8.34. The zero-order chi connectivity index (χ0) is 21.3. The number of aromatic carboxylic acids is 1. The van der Waals surface area contributed by atoms with Gasteiger partial charge in [0.05, 0.1) is 5.69 Å². The Balaban J connectivity index is 2.08. The molecule has 0 spiro atoms. The van der Waals surface area contributed by atoms with Gasteiger partial charge in [0, 0.05) is 11.1 Å². The molecule has 8 nitrogen and oxygen atoms in total. The molecule has 0 atom stereocenters. The number of rotatable bonds is 5. The highest BCUT2D eigenvalue weighted by Gasteiger charge is 2.22. The molecule has 0 bridgehead atoms. The number of hydrogen-bond acceptors (Lipinski definition) is 6. The Hall–Kier alpha value is -3.04. The number of carbonyl (C=O) groups is 1. The summed E-state index contributed by atoms with van der Waals surface area (Å²) in [5.74, 6) is -1.57. The molecule has 0 unspecified atom stereocenters. The van der Waals surface area contributed by atoms with Gasteiger partial charge < -0.3 is 5.11 Å². The maximum Gasteiger partial charge on any atom is 0.354 e. The summed E-state index contributed by atoms with van der Waals surface area (Å²) in [4.78, 5) is 23.1. The Bertz CT molecular complexity index is 1210. The number of pyridine rings is 1. The number of halogens is 1. The lowest BCUT2D eigenvalue weighted by Gasteiger charge is -2.14. The molecule has 0 saturated carbocycles. The minimum absolute atomic E-state index is 0.0996. The highest BCUT2D eigenvalue weighted by molar-refractivity contribution is 7.92. The van der Waals surface area contributed by atoms with Crippen molar-refractivity contribution in [1.82, 2.24) is 15.0 Å². The number of nitrogens with one attached hydrogen (secondary N) is 1. The molecule has 0 aliphatic rings. The Morgan fingerprint density at radius 1 is 1.00 bits per heavy atom. The van der Waals surface area contributed by atoms with Crippen molar-refractivity contribution in [2.45, 2.75) is 25.8 Å². The Kier molecular flexibility index (Phi) is 5.54. The number of carboxylic acid groups (broad SMARTS) is 1. The van der Waals surface area contributed by atoms with Gasteiger partial charge in [-0.2, -0.15) is 13.4 Å². The highest BCUT2D eigenvalue weighted by Crippen LogP contribution is 2.32. The number of hydrogen-bond donors (Lipinski definition) is 2. The Morgan fingerprint density at radius 3 is 2.24 bits per heavy atom. The van der Waals surface area contributed by atoms with Crippen LogP contribution in [0, 0.1) is 20.8 Å². The van der Waals surface area contributed by atoms with Gasteiger partial charge in [0.25, 0.3) is 10.0 Å². The van der Waals surface area contributed by atoms with Crippen LogP contribution in [0.5, 0.6) is 0 Å². The molecule has 1 aromatic carbocycles. The topological polar surface area (TPSA) is 122 Å². The van der Waals surface area contributed by atoms with Crippen LogP contribution in [0.25, 0.3) is 11.3 Å². The van der Waals surface area contributed by atoms with E-state index in [2.05, 4.69) is 19.7 Å². The van der Waals surface area contributed by atoms with Crippen LogP contribution < -0.4 is 4.72 Å². The average molecular weight is 433 g/mol. The van der Waals surface area contributed by atoms with Crippen molar-refractivity contribution in [3.8, 4) is 11.3 Å². The minimum Gasteiger partial charge on any atom is -0.477 e.